The van der Waals surface area contributed by atoms with Gasteiger partial charge in [0.2, 0.25) is 5.95 Å². The Hall–Kier alpha value is -2.60. The summed E-state index contributed by atoms with van der Waals surface area (Å²) in [5.41, 5.74) is 2.77. The topological polar surface area (TPSA) is 64.9 Å². The number of hydrogen-bond acceptors (Lipinski definition) is 5. The van der Waals surface area contributed by atoms with E-state index in [1.807, 2.05) is 44.4 Å². The van der Waals surface area contributed by atoms with Crippen molar-refractivity contribution in [1.82, 2.24) is 19.7 Å². The van der Waals surface area contributed by atoms with Gasteiger partial charge in [-0.3, -0.25) is 4.68 Å². The Morgan fingerprint density at radius 2 is 2.08 bits per heavy atom. The number of aromatic nitrogens is 4. The lowest BCUT2D eigenvalue weighted by molar-refractivity contribution is 0.333. The van der Waals surface area contributed by atoms with Crippen LogP contribution in [0.2, 0.25) is 5.02 Å². The van der Waals surface area contributed by atoms with Crippen LogP contribution >= 0.6 is 11.6 Å². The van der Waals surface area contributed by atoms with Crippen molar-refractivity contribution >= 4 is 17.5 Å². The minimum Gasteiger partial charge on any atom is -0.490 e. The Morgan fingerprint density at radius 3 is 2.83 bits per heavy atom. The normalized spacial score (nSPS) is 10.6. The van der Waals surface area contributed by atoms with Gasteiger partial charge in [0, 0.05) is 25.0 Å². The van der Waals surface area contributed by atoms with E-state index in [1.54, 1.807) is 16.9 Å². The number of ether oxygens (including phenoxy) is 1. The van der Waals surface area contributed by atoms with E-state index >= 15 is 0 Å². The maximum Gasteiger partial charge on any atom is 0.223 e. The Bertz CT molecular complexity index is 833. The van der Waals surface area contributed by atoms with Gasteiger partial charge >= 0.3 is 0 Å². The Balaban J connectivity index is 1.59. The molecule has 0 aliphatic carbocycles. The van der Waals surface area contributed by atoms with Gasteiger partial charge in [0.25, 0.3) is 0 Å². The van der Waals surface area contributed by atoms with Crippen LogP contribution in [0.3, 0.4) is 0 Å². The summed E-state index contributed by atoms with van der Waals surface area (Å²) in [6.45, 7) is 2.99. The second-order valence-corrected chi connectivity index (χ2v) is 5.68. The number of nitrogens with zero attached hydrogens (tertiary/aromatic N) is 4. The van der Waals surface area contributed by atoms with Gasteiger partial charge in [-0.05, 0) is 25.1 Å². The average molecular weight is 344 g/mol. The smallest absolute Gasteiger partial charge is 0.223 e. The van der Waals surface area contributed by atoms with Crippen LogP contribution in [-0.4, -0.2) is 32.9 Å². The van der Waals surface area contributed by atoms with Crippen molar-refractivity contribution in [3.63, 3.8) is 0 Å². The highest BCUT2D eigenvalue weighted by atomic mass is 35.5. The first kappa shape index (κ1) is 16.3. The molecular formula is C17H18ClN5O. The molecular weight excluding hydrogens is 326 g/mol. The van der Waals surface area contributed by atoms with Gasteiger partial charge in [-0.1, -0.05) is 23.7 Å². The molecule has 3 rings (SSSR count). The van der Waals surface area contributed by atoms with Crippen molar-refractivity contribution in [3.8, 4) is 17.0 Å². The summed E-state index contributed by atoms with van der Waals surface area (Å²) in [6.07, 6.45) is 3.67. The summed E-state index contributed by atoms with van der Waals surface area (Å²) in [4.78, 5) is 8.75. The highest BCUT2D eigenvalue weighted by molar-refractivity contribution is 6.32. The molecule has 1 aromatic carbocycles. The quantitative estimate of drug-likeness (QED) is 0.695. The number of hydrogen-bond donors (Lipinski definition) is 1. The van der Waals surface area contributed by atoms with Gasteiger partial charge in [-0.25, -0.2) is 9.97 Å². The minimum atomic E-state index is 0.462. The maximum absolute atomic E-state index is 6.05. The standard InChI is InChI=1S/C17H18ClN5O/c1-12-13(11-23(2)22-12)15-7-8-19-17(21-15)20-9-10-24-16-6-4-3-5-14(16)18/h3-8,11H,9-10H2,1-2H3,(H,19,20,21). The molecule has 0 fully saturated rings. The van der Waals surface area contributed by atoms with Crippen molar-refractivity contribution in [2.24, 2.45) is 7.05 Å². The van der Waals surface area contributed by atoms with Crippen LogP contribution in [0.1, 0.15) is 5.69 Å². The summed E-state index contributed by atoms with van der Waals surface area (Å²) < 4.78 is 7.41. The van der Waals surface area contributed by atoms with Crippen LogP contribution < -0.4 is 10.1 Å². The maximum atomic E-state index is 6.05. The lowest BCUT2D eigenvalue weighted by atomic mass is 10.2. The van der Waals surface area contributed by atoms with Gasteiger partial charge in [-0.2, -0.15) is 5.10 Å². The zero-order valence-electron chi connectivity index (χ0n) is 13.5. The van der Waals surface area contributed by atoms with Gasteiger partial charge in [-0.15, -0.1) is 0 Å². The highest BCUT2D eigenvalue weighted by Gasteiger charge is 2.08. The summed E-state index contributed by atoms with van der Waals surface area (Å²) in [5, 5.41) is 8.09. The summed E-state index contributed by atoms with van der Waals surface area (Å²) in [5.74, 6) is 1.22. The molecule has 0 saturated heterocycles. The zero-order valence-corrected chi connectivity index (χ0v) is 14.3. The molecule has 0 spiro atoms. The van der Waals surface area contributed by atoms with Crippen molar-refractivity contribution in [2.75, 3.05) is 18.5 Å². The Kier molecular flexibility index (Phi) is 4.96. The average Bonchev–Trinajstić information content (AvgIpc) is 2.92. The molecule has 0 unspecified atom stereocenters. The third-order valence-corrected chi connectivity index (χ3v) is 3.74. The van der Waals surface area contributed by atoms with E-state index < -0.39 is 0 Å². The number of aryl methyl sites for hydroxylation is 2. The molecule has 0 aliphatic heterocycles. The Labute approximate surface area is 145 Å². The first-order valence-electron chi connectivity index (χ1n) is 7.58. The fourth-order valence-corrected chi connectivity index (χ4v) is 2.52. The van der Waals surface area contributed by atoms with Crippen LogP contribution in [0.25, 0.3) is 11.3 Å². The molecule has 1 N–H and O–H groups in total. The molecule has 7 heteroatoms. The fourth-order valence-electron chi connectivity index (χ4n) is 2.33. The molecule has 2 heterocycles. The third kappa shape index (κ3) is 3.83. The fraction of sp³-hybridized carbons (Fsp3) is 0.235. The number of halogens is 1. The second kappa shape index (κ2) is 7.31. The van der Waals surface area contributed by atoms with E-state index in [9.17, 15) is 0 Å². The second-order valence-electron chi connectivity index (χ2n) is 5.27. The Morgan fingerprint density at radius 1 is 1.25 bits per heavy atom. The van der Waals surface area contributed by atoms with Gasteiger partial charge < -0.3 is 10.1 Å². The summed E-state index contributed by atoms with van der Waals surface area (Å²) in [6, 6.07) is 9.26. The van der Waals surface area contributed by atoms with E-state index in [-0.39, 0.29) is 0 Å². The van der Waals surface area contributed by atoms with Gasteiger partial charge in [0.15, 0.2) is 0 Å². The molecule has 24 heavy (non-hydrogen) atoms. The predicted molar refractivity (Wildman–Crippen MR) is 94.4 cm³/mol. The molecule has 0 saturated carbocycles. The van der Waals surface area contributed by atoms with E-state index in [2.05, 4.69) is 20.4 Å². The SMILES string of the molecule is Cc1nn(C)cc1-c1ccnc(NCCOc2ccccc2Cl)n1. The molecule has 0 aliphatic rings. The van der Waals surface area contributed by atoms with E-state index in [0.717, 1.165) is 17.0 Å². The molecule has 3 aromatic rings. The van der Waals surface area contributed by atoms with E-state index in [1.165, 1.54) is 0 Å². The first-order chi connectivity index (χ1) is 11.6. The van der Waals surface area contributed by atoms with Crippen LogP contribution in [0, 0.1) is 6.92 Å². The lowest BCUT2D eigenvalue weighted by Crippen LogP contribution is -2.13. The summed E-state index contributed by atoms with van der Waals surface area (Å²) in [7, 11) is 1.89. The van der Waals surface area contributed by atoms with Gasteiger partial charge in [0.05, 0.1) is 23.0 Å². The number of nitrogens with one attached hydrogen (secondary N) is 1. The number of benzene rings is 1. The lowest BCUT2D eigenvalue weighted by Gasteiger charge is -2.09. The molecule has 0 amide bonds. The van der Waals surface area contributed by atoms with Crippen LogP contribution in [0.4, 0.5) is 5.95 Å². The van der Waals surface area contributed by atoms with Crippen LogP contribution in [-0.2, 0) is 7.05 Å². The van der Waals surface area contributed by atoms with Crippen molar-refractivity contribution in [1.29, 1.82) is 0 Å². The minimum absolute atomic E-state index is 0.462. The van der Waals surface area contributed by atoms with E-state index in [4.69, 9.17) is 16.3 Å². The highest BCUT2D eigenvalue weighted by Crippen LogP contribution is 2.23. The van der Waals surface area contributed by atoms with Gasteiger partial charge in [0.1, 0.15) is 12.4 Å². The van der Waals surface area contributed by atoms with Crippen molar-refractivity contribution in [3.05, 3.63) is 53.4 Å². The van der Waals surface area contributed by atoms with E-state index in [0.29, 0.717) is 29.9 Å². The molecule has 0 radical (unpaired) electrons. The number of rotatable bonds is 6. The molecule has 124 valence electrons. The number of anilines is 1. The summed E-state index contributed by atoms with van der Waals surface area (Å²) >= 11 is 6.05. The number of para-hydroxylation sites is 1. The van der Waals surface area contributed by atoms with Crippen LogP contribution in [0.5, 0.6) is 5.75 Å². The molecule has 0 bridgehead atoms. The monoisotopic (exact) mass is 343 g/mol. The van der Waals surface area contributed by atoms with Crippen LogP contribution in [0.15, 0.2) is 42.7 Å². The third-order valence-electron chi connectivity index (χ3n) is 3.42. The molecule has 2 aromatic heterocycles. The predicted octanol–water partition coefficient (Wildman–Crippen LogP) is 3.33. The molecule has 0 atom stereocenters. The first-order valence-corrected chi connectivity index (χ1v) is 7.96. The van der Waals surface area contributed by atoms with Crippen molar-refractivity contribution < 1.29 is 4.74 Å². The zero-order chi connectivity index (χ0) is 16.9. The largest absolute Gasteiger partial charge is 0.490 e. The van der Waals surface area contributed by atoms with Crippen molar-refractivity contribution in [2.45, 2.75) is 6.92 Å². The molecule has 6 nitrogen and oxygen atoms in total.